The van der Waals surface area contributed by atoms with Crippen LogP contribution in [0.25, 0.3) is 0 Å². The second-order valence-electron chi connectivity index (χ2n) is 10.0. The van der Waals surface area contributed by atoms with Crippen LogP contribution in [0.15, 0.2) is 18.2 Å². The molecule has 1 aromatic carbocycles. The normalized spacial score (nSPS) is 25.7. The van der Waals surface area contributed by atoms with E-state index in [0.29, 0.717) is 12.6 Å². The highest BCUT2D eigenvalue weighted by molar-refractivity contribution is 5.67. The maximum absolute atomic E-state index is 12.0. The van der Waals surface area contributed by atoms with E-state index in [1.54, 1.807) is 11.1 Å². The van der Waals surface area contributed by atoms with Crippen molar-refractivity contribution in [1.29, 1.82) is 0 Å². The molecule has 0 saturated carbocycles. The maximum atomic E-state index is 12.0. The summed E-state index contributed by atoms with van der Waals surface area (Å²) in [5.41, 5.74) is 4.61. The Morgan fingerprint density at radius 1 is 0.875 bits per heavy atom. The zero-order valence-electron chi connectivity index (χ0n) is 19.8. The molecule has 1 aliphatic carbocycles. The van der Waals surface area contributed by atoms with Gasteiger partial charge in [0.25, 0.3) is 0 Å². The molecule has 3 fully saturated rings. The predicted octanol–water partition coefficient (Wildman–Crippen LogP) is 3.38. The van der Waals surface area contributed by atoms with Crippen molar-refractivity contribution in [2.24, 2.45) is 0 Å². The van der Waals surface area contributed by atoms with Gasteiger partial charge in [-0.05, 0) is 81.7 Å². The summed E-state index contributed by atoms with van der Waals surface area (Å²) in [5, 5.41) is 0. The summed E-state index contributed by atoms with van der Waals surface area (Å²) in [7, 11) is 0. The fourth-order valence-electron chi connectivity index (χ4n) is 6.34. The second kappa shape index (κ2) is 10.0. The molecule has 1 aromatic rings. The largest absolute Gasteiger partial charge is 0.450 e. The maximum Gasteiger partial charge on any atom is 0.409 e. The van der Waals surface area contributed by atoms with Gasteiger partial charge in [-0.1, -0.05) is 6.07 Å². The summed E-state index contributed by atoms with van der Waals surface area (Å²) < 4.78 is 5.18. The van der Waals surface area contributed by atoms with Crippen molar-refractivity contribution in [3.8, 4) is 0 Å². The lowest BCUT2D eigenvalue weighted by molar-refractivity contribution is 0.0290. The third-order valence-electron chi connectivity index (χ3n) is 8.21. The third-order valence-corrected chi connectivity index (χ3v) is 8.21. The Morgan fingerprint density at radius 2 is 1.66 bits per heavy atom. The molecule has 5 rings (SSSR count). The summed E-state index contributed by atoms with van der Waals surface area (Å²) in [6.07, 6.45) is 8.87. The molecule has 32 heavy (non-hydrogen) atoms. The van der Waals surface area contributed by atoms with E-state index in [0.717, 1.165) is 32.2 Å². The number of aryl methyl sites for hydroxylation is 2. The minimum atomic E-state index is -0.146. The topological polar surface area (TPSA) is 39.3 Å². The van der Waals surface area contributed by atoms with Crippen molar-refractivity contribution in [3.05, 3.63) is 29.3 Å². The lowest BCUT2D eigenvalue weighted by atomic mass is 9.96. The highest BCUT2D eigenvalue weighted by Gasteiger charge is 2.33. The molecular weight excluding hydrogens is 400 g/mol. The van der Waals surface area contributed by atoms with Gasteiger partial charge < -0.3 is 14.5 Å². The van der Waals surface area contributed by atoms with Gasteiger partial charge in [0.05, 0.1) is 6.61 Å². The third kappa shape index (κ3) is 4.76. The van der Waals surface area contributed by atoms with Crippen molar-refractivity contribution < 1.29 is 9.53 Å². The van der Waals surface area contributed by atoms with Crippen molar-refractivity contribution in [2.75, 3.05) is 63.9 Å². The van der Waals surface area contributed by atoms with E-state index in [2.05, 4.69) is 32.9 Å². The molecule has 3 aliphatic heterocycles. The van der Waals surface area contributed by atoms with Gasteiger partial charge in [-0.2, -0.15) is 0 Å². The Labute approximate surface area is 193 Å². The van der Waals surface area contributed by atoms with Gasteiger partial charge >= 0.3 is 6.09 Å². The van der Waals surface area contributed by atoms with Crippen molar-refractivity contribution in [2.45, 2.75) is 64.0 Å². The predicted molar refractivity (Wildman–Crippen MR) is 128 cm³/mol. The first-order valence-electron chi connectivity index (χ1n) is 13.0. The number of anilines is 1. The minimum Gasteiger partial charge on any atom is -0.450 e. The summed E-state index contributed by atoms with van der Waals surface area (Å²) >= 11 is 0. The number of benzene rings is 1. The van der Waals surface area contributed by atoms with Crippen LogP contribution in [0.1, 0.15) is 50.2 Å². The first kappa shape index (κ1) is 22.0. The fourth-order valence-corrected chi connectivity index (χ4v) is 6.34. The van der Waals surface area contributed by atoms with Crippen molar-refractivity contribution in [3.63, 3.8) is 0 Å². The zero-order valence-corrected chi connectivity index (χ0v) is 19.8. The summed E-state index contributed by atoms with van der Waals surface area (Å²) in [6.45, 7) is 10.7. The number of carbonyl (C=O) groups is 1. The standard InChI is InChI=1S/C26H40N4O2/c1-2-32-26(31)29-17-15-28(16-18-29)25-7-4-12-30(20-25)23-10-13-27(14-11-23)24-9-8-21-5-3-6-22(21)19-24/h8-9,19,23,25H,2-7,10-18,20H2,1H3/t25-/m0/s1. The number of hydrogen-bond donors (Lipinski definition) is 0. The highest BCUT2D eigenvalue weighted by Crippen LogP contribution is 2.30. The van der Waals surface area contributed by atoms with E-state index >= 15 is 0 Å². The average molecular weight is 441 g/mol. The molecule has 1 amide bonds. The van der Waals surface area contributed by atoms with E-state index in [-0.39, 0.29) is 6.09 Å². The van der Waals surface area contributed by atoms with E-state index in [1.165, 1.54) is 76.8 Å². The Hall–Kier alpha value is -1.79. The molecule has 6 heteroatoms. The number of carbonyl (C=O) groups excluding carboxylic acids is 1. The van der Waals surface area contributed by atoms with Gasteiger partial charge in [-0.15, -0.1) is 0 Å². The van der Waals surface area contributed by atoms with Crippen LogP contribution in [0, 0.1) is 0 Å². The number of rotatable bonds is 4. The van der Waals surface area contributed by atoms with Crippen LogP contribution in [0.3, 0.4) is 0 Å². The molecule has 0 unspecified atom stereocenters. The monoisotopic (exact) mass is 440 g/mol. The number of ether oxygens (including phenoxy) is 1. The van der Waals surface area contributed by atoms with Crippen LogP contribution in [-0.4, -0.2) is 91.8 Å². The van der Waals surface area contributed by atoms with Gasteiger partial charge in [-0.3, -0.25) is 9.80 Å². The van der Waals surface area contributed by atoms with E-state index in [1.807, 2.05) is 11.8 Å². The first-order valence-corrected chi connectivity index (χ1v) is 13.0. The molecule has 176 valence electrons. The Kier molecular flexibility index (Phi) is 6.88. The van der Waals surface area contributed by atoms with E-state index < -0.39 is 0 Å². The van der Waals surface area contributed by atoms with E-state index in [9.17, 15) is 4.79 Å². The number of piperidine rings is 2. The molecule has 0 bridgehead atoms. The number of fused-ring (bicyclic) bond motifs is 1. The molecule has 3 heterocycles. The van der Waals surface area contributed by atoms with Crippen LogP contribution in [0.2, 0.25) is 0 Å². The summed E-state index contributed by atoms with van der Waals surface area (Å²) in [4.78, 5) is 21.9. The van der Waals surface area contributed by atoms with Crippen LogP contribution in [0.4, 0.5) is 10.5 Å². The lowest BCUT2D eigenvalue weighted by Crippen LogP contribution is -2.58. The molecule has 6 nitrogen and oxygen atoms in total. The Morgan fingerprint density at radius 3 is 2.44 bits per heavy atom. The Bertz CT molecular complexity index is 784. The molecule has 0 radical (unpaired) electrons. The molecule has 0 aromatic heterocycles. The smallest absolute Gasteiger partial charge is 0.409 e. The van der Waals surface area contributed by atoms with Crippen molar-refractivity contribution in [1.82, 2.24) is 14.7 Å². The number of nitrogens with zero attached hydrogens (tertiary/aromatic N) is 4. The van der Waals surface area contributed by atoms with Crippen LogP contribution in [0.5, 0.6) is 0 Å². The number of amides is 1. The molecule has 4 aliphatic rings. The average Bonchev–Trinajstić information content (AvgIpc) is 3.32. The quantitative estimate of drug-likeness (QED) is 0.718. The minimum absolute atomic E-state index is 0.146. The SMILES string of the molecule is CCOC(=O)N1CCN([C@H]2CCCN(C3CCN(c4ccc5c(c4)CCC5)CC3)C2)CC1. The van der Waals surface area contributed by atoms with Gasteiger partial charge in [0.2, 0.25) is 0 Å². The second-order valence-corrected chi connectivity index (χ2v) is 10.0. The molecule has 0 spiro atoms. The van der Waals surface area contributed by atoms with E-state index in [4.69, 9.17) is 4.74 Å². The van der Waals surface area contributed by atoms with Gasteiger partial charge in [0.15, 0.2) is 0 Å². The lowest BCUT2D eigenvalue weighted by Gasteiger charge is -2.46. The van der Waals surface area contributed by atoms with Crippen LogP contribution >= 0.6 is 0 Å². The molecular formula is C26H40N4O2. The summed E-state index contributed by atoms with van der Waals surface area (Å²) in [5.74, 6) is 0. The van der Waals surface area contributed by atoms with Crippen LogP contribution < -0.4 is 4.90 Å². The fraction of sp³-hybridized carbons (Fsp3) is 0.731. The zero-order chi connectivity index (χ0) is 21.9. The summed E-state index contributed by atoms with van der Waals surface area (Å²) in [6, 6.07) is 8.57. The molecule has 1 atom stereocenters. The molecule has 3 saturated heterocycles. The number of likely N-dealkylation sites (tertiary alicyclic amines) is 1. The Balaban J connectivity index is 1.11. The first-order chi connectivity index (χ1) is 15.7. The van der Waals surface area contributed by atoms with Crippen molar-refractivity contribution >= 4 is 11.8 Å². The van der Waals surface area contributed by atoms with Gasteiger partial charge in [0.1, 0.15) is 0 Å². The number of piperazine rings is 1. The highest BCUT2D eigenvalue weighted by atomic mass is 16.6. The van der Waals surface area contributed by atoms with Gasteiger partial charge in [-0.25, -0.2) is 4.79 Å². The number of hydrogen-bond acceptors (Lipinski definition) is 5. The molecule has 0 N–H and O–H groups in total. The van der Waals surface area contributed by atoms with Crippen LogP contribution in [-0.2, 0) is 17.6 Å². The van der Waals surface area contributed by atoms with Gasteiger partial charge in [0, 0.05) is 63.6 Å².